The molecule has 0 N–H and O–H groups in total. The lowest BCUT2D eigenvalue weighted by Crippen LogP contribution is -2.46. The van der Waals surface area contributed by atoms with Crippen molar-refractivity contribution in [2.45, 2.75) is 19.4 Å². The summed E-state index contributed by atoms with van der Waals surface area (Å²) < 4.78 is 10.7. The van der Waals surface area contributed by atoms with Crippen LogP contribution in [0.1, 0.15) is 29.0 Å². The highest BCUT2D eigenvalue weighted by molar-refractivity contribution is 6.41. The van der Waals surface area contributed by atoms with Crippen molar-refractivity contribution in [1.82, 2.24) is 14.7 Å². The van der Waals surface area contributed by atoms with Gasteiger partial charge < -0.3 is 19.0 Å². The Balaban J connectivity index is 1.65. The molecule has 3 rings (SSSR count). The fraction of sp³-hybridized carbons (Fsp3) is 0.500. The van der Waals surface area contributed by atoms with Crippen molar-refractivity contribution in [2.24, 2.45) is 5.92 Å². The summed E-state index contributed by atoms with van der Waals surface area (Å²) in [6.45, 7) is 4.51. The van der Waals surface area contributed by atoms with Crippen LogP contribution in [0.25, 0.3) is 0 Å². The third-order valence-corrected chi connectivity index (χ3v) is 5.71. The van der Waals surface area contributed by atoms with E-state index in [4.69, 9.17) is 9.15 Å². The lowest BCUT2D eigenvalue weighted by atomic mass is 9.96. The summed E-state index contributed by atoms with van der Waals surface area (Å²) in [5.74, 6) is 0.251. The van der Waals surface area contributed by atoms with Crippen LogP contribution in [0.2, 0.25) is 0 Å². The molecule has 1 fully saturated rings. The summed E-state index contributed by atoms with van der Waals surface area (Å²) in [6, 6.07) is 11.3. The van der Waals surface area contributed by atoms with Crippen molar-refractivity contribution in [3.05, 3.63) is 54.0 Å². The fourth-order valence-corrected chi connectivity index (χ4v) is 4.08. The van der Waals surface area contributed by atoms with Gasteiger partial charge in [0.2, 0.25) is 0 Å². The van der Waals surface area contributed by atoms with E-state index >= 15 is 0 Å². The van der Waals surface area contributed by atoms with E-state index in [1.807, 2.05) is 37.2 Å². The Hall–Kier alpha value is -2.64. The molecule has 0 bridgehead atoms. The molecule has 2 aromatic rings. The van der Waals surface area contributed by atoms with Gasteiger partial charge in [-0.3, -0.25) is 14.5 Å². The normalized spacial score (nSPS) is 17.0. The zero-order chi connectivity index (χ0) is 22.2. The van der Waals surface area contributed by atoms with Gasteiger partial charge in [0.05, 0.1) is 13.4 Å². The maximum absolute atomic E-state index is 13.0. The molecule has 31 heavy (non-hydrogen) atoms. The first-order valence-corrected chi connectivity index (χ1v) is 10.8. The zero-order valence-corrected chi connectivity index (χ0v) is 18.8. The van der Waals surface area contributed by atoms with E-state index in [2.05, 4.69) is 11.0 Å². The number of benzene rings is 1. The molecule has 1 aliphatic heterocycles. The van der Waals surface area contributed by atoms with Crippen LogP contribution in [0, 0.1) is 5.92 Å². The Morgan fingerprint density at radius 2 is 1.97 bits per heavy atom. The number of nitrogens with zero attached hydrogens (tertiary/aromatic N) is 3. The second-order valence-corrected chi connectivity index (χ2v) is 8.42. The molecule has 1 aromatic heterocycles. The van der Waals surface area contributed by atoms with Crippen LogP contribution in [0.5, 0.6) is 5.75 Å². The molecule has 1 atom stereocenters. The Bertz CT molecular complexity index is 850. The van der Waals surface area contributed by atoms with E-state index in [1.54, 1.807) is 24.1 Å². The second kappa shape index (κ2) is 11.1. The first-order chi connectivity index (χ1) is 15.0. The van der Waals surface area contributed by atoms with Gasteiger partial charge in [-0.2, -0.15) is 0 Å². The minimum Gasteiger partial charge on any atom is -0.496 e. The lowest BCUT2D eigenvalue weighted by molar-refractivity contribution is -0.127. The number of para-hydroxylation sites is 1. The standard InChI is InChI=1S/C24H33N3O4/c1-25(2)13-14-27(24(29)23(28)22-11-7-15-31-22)17-19-8-6-12-26(16-19)18-20-9-4-5-10-21(20)30-3/h4-5,7,9-11,15,19H,6,8,12-14,16-18H2,1-3H3/t19-/m0/s1. The first-order valence-electron chi connectivity index (χ1n) is 10.8. The molecule has 1 aromatic carbocycles. The summed E-state index contributed by atoms with van der Waals surface area (Å²) in [5.41, 5.74) is 1.17. The quantitative estimate of drug-likeness (QED) is 0.429. The number of hydrogen-bond acceptors (Lipinski definition) is 6. The highest BCUT2D eigenvalue weighted by Crippen LogP contribution is 2.24. The van der Waals surface area contributed by atoms with Gasteiger partial charge in [-0.05, 0) is 57.6 Å². The van der Waals surface area contributed by atoms with E-state index in [0.29, 0.717) is 25.6 Å². The van der Waals surface area contributed by atoms with E-state index < -0.39 is 11.7 Å². The molecule has 7 heteroatoms. The number of rotatable bonds is 10. The van der Waals surface area contributed by atoms with Gasteiger partial charge in [0.15, 0.2) is 5.76 Å². The highest BCUT2D eigenvalue weighted by atomic mass is 16.5. The topological polar surface area (TPSA) is 66.2 Å². The van der Waals surface area contributed by atoms with Crippen LogP contribution >= 0.6 is 0 Å². The predicted molar refractivity (Wildman–Crippen MR) is 119 cm³/mol. The fourth-order valence-electron chi connectivity index (χ4n) is 4.08. The Morgan fingerprint density at radius 3 is 2.68 bits per heavy atom. The highest BCUT2D eigenvalue weighted by Gasteiger charge is 2.29. The molecular weight excluding hydrogens is 394 g/mol. The molecular formula is C24H33N3O4. The van der Waals surface area contributed by atoms with Gasteiger partial charge in [-0.1, -0.05) is 18.2 Å². The number of carbonyl (C=O) groups is 2. The maximum Gasteiger partial charge on any atom is 0.298 e. The van der Waals surface area contributed by atoms with Crippen molar-refractivity contribution in [3.8, 4) is 5.75 Å². The molecule has 2 heterocycles. The number of furan rings is 1. The van der Waals surface area contributed by atoms with Crippen LogP contribution in [0.15, 0.2) is 47.1 Å². The van der Waals surface area contributed by atoms with E-state index in [0.717, 1.165) is 38.2 Å². The Kier molecular flexibility index (Phi) is 8.26. The number of likely N-dealkylation sites (tertiary alicyclic amines) is 1. The number of piperidine rings is 1. The number of likely N-dealkylation sites (N-methyl/N-ethyl adjacent to an activating group) is 1. The van der Waals surface area contributed by atoms with Crippen LogP contribution in [-0.4, -0.2) is 80.3 Å². The monoisotopic (exact) mass is 427 g/mol. The van der Waals surface area contributed by atoms with Gasteiger partial charge in [-0.25, -0.2) is 0 Å². The predicted octanol–water partition coefficient (Wildman–Crippen LogP) is 2.77. The van der Waals surface area contributed by atoms with Crippen LogP contribution < -0.4 is 4.74 Å². The third kappa shape index (κ3) is 6.42. The molecule has 1 aliphatic rings. The van der Waals surface area contributed by atoms with Gasteiger partial charge in [0, 0.05) is 38.3 Å². The average molecular weight is 428 g/mol. The average Bonchev–Trinajstić information content (AvgIpc) is 3.31. The minimum absolute atomic E-state index is 0.0984. The minimum atomic E-state index is -0.578. The number of methoxy groups -OCH3 is 1. The van der Waals surface area contributed by atoms with Crippen molar-refractivity contribution in [3.63, 3.8) is 0 Å². The second-order valence-electron chi connectivity index (χ2n) is 8.42. The largest absolute Gasteiger partial charge is 0.496 e. The van der Waals surface area contributed by atoms with E-state index in [1.165, 1.54) is 11.8 Å². The van der Waals surface area contributed by atoms with Crippen LogP contribution in [-0.2, 0) is 11.3 Å². The number of ether oxygens (including phenoxy) is 1. The summed E-state index contributed by atoms with van der Waals surface area (Å²) >= 11 is 0. The van der Waals surface area contributed by atoms with Gasteiger partial charge in [0.25, 0.3) is 11.7 Å². The van der Waals surface area contributed by atoms with Crippen LogP contribution in [0.4, 0.5) is 0 Å². The molecule has 0 radical (unpaired) electrons. The number of amides is 1. The summed E-state index contributed by atoms with van der Waals surface area (Å²) in [6.07, 6.45) is 3.53. The Labute approximate surface area is 184 Å². The first kappa shape index (κ1) is 23.0. The zero-order valence-electron chi connectivity index (χ0n) is 18.8. The summed E-state index contributed by atoms with van der Waals surface area (Å²) in [4.78, 5) is 31.7. The number of hydrogen-bond donors (Lipinski definition) is 0. The molecule has 0 saturated carbocycles. The molecule has 1 amide bonds. The molecule has 0 spiro atoms. The van der Waals surface area contributed by atoms with Crippen LogP contribution in [0.3, 0.4) is 0 Å². The van der Waals surface area contributed by atoms with Gasteiger partial charge in [-0.15, -0.1) is 0 Å². The molecule has 0 aliphatic carbocycles. The number of ketones is 1. The third-order valence-electron chi connectivity index (χ3n) is 5.71. The number of carbonyl (C=O) groups excluding carboxylic acids is 2. The van der Waals surface area contributed by atoms with Crippen molar-refractivity contribution in [2.75, 3.05) is 53.9 Å². The maximum atomic E-state index is 13.0. The molecule has 168 valence electrons. The molecule has 0 unspecified atom stereocenters. The van der Waals surface area contributed by atoms with Crippen molar-refractivity contribution >= 4 is 11.7 Å². The number of Topliss-reactive ketones (excluding diaryl/α,β-unsaturated/α-hetero) is 1. The van der Waals surface area contributed by atoms with E-state index in [-0.39, 0.29) is 5.76 Å². The van der Waals surface area contributed by atoms with Gasteiger partial charge >= 0.3 is 0 Å². The van der Waals surface area contributed by atoms with E-state index in [9.17, 15) is 9.59 Å². The molecule has 1 saturated heterocycles. The smallest absolute Gasteiger partial charge is 0.298 e. The molecule has 7 nitrogen and oxygen atoms in total. The summed E-state index contributed by atoms with van der Waals surface area (Å²) in [7, 11) is 5.63. The SMILES string of the molecule is COc1ccccc1CN1CCC[C@H](CN(CCN(C)C)C(=O)C(=O)c2ccco2)C1. The van der Waals surface area contributed by atoms with Crippen molar-refractivity contribution < 1.29 is 18.7 Å². The van der Waals surface area contributed by atoms with Crippen molar-refractivity contribution in [1.29, 1.82) is 0 Å². The summed E-state index contributed by atoms with van der Waals surface area (Å²) in [5, 5.41) is 0. The lowest BCUT2D eigenvalue weighted by Gasteiger charge is -2.36. The van der Waals surface area contributed by atoms with Gasteiger partial charge in [0.1, 0.15) is 5.75 Å². The Morgan fingerprint density at radius 1 is 1.16 bits per heavy atom.